The molecule has 0 radical (unpaired) electrons. The third-order valence-corrected chi connectivity index (χ3v) is 4.52. The van der Waals surface area contributed by atoms with E-state index in [2.05, 4.69) is 9.72 Å². The Morgan fingerprint density at radius 2 is 2.47 bits per heavy atom. The van der Waals surface area contributed by atoms with E-state index in [9.17, 15) is 9.00 Å². The van der Waals surface area contributed by atoms with Gasteiger partial charge in [-0.25, -0.2) is 0 Å². The lowest BCUT2D eigenvalue weighted by molar-refractivity contribution is -0.140. The van der Waals surface area contributed by atoms with Gasteiger partial charge >= 0.3 is 5.97 Å². The molecule has 0 aliphatic rings. The number of thiazole rings is 1. The van der Waals surface area contributed by atoms with Gasteiger partial charge in [0.05, 0.1) is 24.8 Å². The number of ether oxygens (including phenoxy) is 1. The molecule has 1 heterocycles. The van der Waals surface area contributed by atoms with Crippen LogP contribution < -0.4 is 0 Å². The van der Waals surface area contributed by atoms with E-state index in [0.717, 1.165) is 4.88 Å². The highest BCUT2D eigenvalue weighted by Gasteiger charge is 2.16. The van der Waals surface area contributed by atoms with Gasteiger partial charge in [-0.1, -0.05) is 6.92 Å². The van der Waals surface area contributed by atoms with Crippen LogP contribution in [-0.4, -0.2) is 27.5 Å². The average Bonchev–Trinajstić information content (AvgIpc) is 2.70. The number of hydrogen-bond acceptors (Lipinski definition) is 5. The Morgan fingerprint density at radius 3 is 3.00 bits per heavy atom. The van der Waals surface area contributed by atoms with E-state index < -0.39 is 10.8 Å². The molecular weight excluding hydrogens is 234 g/mol. The molecule has 0 aliphatic carbocycles. The van der Waals surface area contributed by atoms with Gasteiger partial charge < -0.3 is 4.74 Å². The van der Waals surface area contributed by atoms with Crippen LogP contribution in [0.2, 0.25) is 0 Å². The summed E-state index contributed by atoms with van der Waals surface area (Å²) in [6.07, 6.45) is 1.90. The Hall–Kier alpha value is -0.750. The molecule has 1 aromatic heterocycles. The van der Waals surface area contributed by atoms with Crippen molar-refractivity contribution in [1.29, 1.82) is 0 Å². The number of hydrogen-bond donors (Lipinski definition) is 0. The van der Waals surface area contributed by atoms with E-state index in [4.69, 9.17) is 0 Å². The summed E-state index contributed by atoms with van der Waals surface area (Å²) in [7, 11) is 0.288. The van der Waals surface area contributed by atoms with E-state index in [1.807, 2.05) is 0 Å². The number of aromatic nitrogens is 1. The zero-order valence-corrected chi connectivity index (χ0v) is 10.3. The maximum Gasteiger partial charge on any atom is 0.306 e. The highest BCUT2D eigenvalue weighted by atomic mass is 32.2. The van der Waals surface area contributed by atoms with Crippen LogP contribution in [0.3, 0.4) is 0 Å². The van der Waals surface area contributed by atoms with Crippen LogP contribution in [0, 0.1) is 0 Å². The number of rotatable bonds is 5. The molecule has 0 aliphatic heterocycles. The van der Waals surface area contributed by atoms with Gasteiger partial charge in [-0.15, -0.1) is 11.3 Å². The summed E-state index contributed by atoms with van der Waals surface area (Å²) >= 11 is 1.47. The van der Waals surface area contributed by atoms with Gasteiger partial charge in [0.15, 0.2) is 0 Å². The monoisotopic (exact) mass is 247 g/mol. The second-order valence-electron chi connectivity index (χ2n) is 3.08. The van der Waals surface area contributed by atoms with Gasteiger partial charge in [-0.05, 0) is 0 Å². The Balaban J connectivity index is 2.43. The van der Waals surface area contributed by atoms with Gasteiger partial charge in [0.1, 0.15) is 0 Å². The third-order valence-electron chi connectivity index (χ3n) is 1.90. The van der Waals surface area contributed by atoms with Crippen LogP contribution >= 0.6 is 11.3 Å². The minimum atomic E-state index is -1.05. The van der Waals surface area contributed by atoms with Crippen LogP contribution in [-0.2, 0) is 26.1 Å². The van der Waals surface area contributed by atoms with Crippen molar-refractivity contribution in [3.05, 3.63) is 16.6 Å². The Labute approximate surface area is 95.1 Å². The highest BCUT2D eigenvalue weighted by Crippen LogP contribution is 2.13. The summed E-state index contributed by atoms with van der Waals surface area (Å²) in [5.74, 6) is 0.142. The maximum atomic E-state index is 11.7. The van der Waals surface area contributed by atoms with Crippen molar-refractivity contribution in [2.75, 3.05) is 7.11 Å². The molecule has 0 amide bonds. The average molecular weight is 247 g/mol. The molecule has 0 saturated carbocycles. The van der Waals surface area contributed by atoms with E-state index >= 15 is 0 Å². The van der Waals surface area contributed by atoms with Crippen LogP contribution in [0.1, 0.15) is 18.2 Å². The standard InChI is InChI=1S/C9H13NO3S2/c1-7(3-9(11)13-2)15(12)5-8-4-10-6-14-8/h4,6-7H,3,5H2,1-2H3. The summed E-state index contributed by atoms with van der Waals surface area (Å²) in [4.78, 5) is 15.8. The smallest absolute Gasteiger partial charge is 0.306 e. The first-order valence-corrected chi connectivity index (χ1v) is 6.71. The molecule has 0 bridgehead atoms. The van der Waals surface area contributed by atoms with Crippen molar-refractivity contribution in [3.63, 3.8) is 0 Å². The fourth-order valence-electron chi connectivity index (χ4n) is 1.01. The second-order valence-corrected chi connectivity index (χ2v) is 5.91. The first-order valence-electron chi connectivity index (χ1n) is 4.45. The maximum absolute atomic E-state index is 11.7. The van der Waals surface area contributed by atoms with Gasteiger partial charge in [0.25, 0.3) is 0 Å². The number of carbonyl (C=O) groups excluding carboxylic acids is 1. The largest absolute Gasteiger partial charge is 0.469 e. The molecule has 15 heavy (non-hydrogen) atoms. The van der Waals surface area contributed by atoms with Crippen molar-refractivity contribution >= 4 is 28.1 Å². The number of carbonyl (C=O) groups is 1. The van der Waals surface area contributed by atoms with Gasteiger partial charge in [-0.3, -0.25) is 14.0 Å². The van der Waals surface area contributed by atoms with Crippen molar-refractivity contribution in [2.24, 2.45) is 0 Å². The van der Waals surface area contributed by atoms with Crippen LogP contribution in [0.25, 0.3) is 0 Å². The molecule has 0 saturated heterocycles. The number of methoxy groups -OCH3 is 1. The van der Waals surface area contributed by atoms with Crippen molar-refractivity contribution in [1.82, 2.24) is 4.98 Å². The molecule has 1 rings (SSSR count). The van der Waals surface area contributed by atoms with Crippen LogP contribution in [0.4, 0.5) is 0 Å². The molecule has 4 nitrogen and oxygen atoms in total. The summed E-state index contributed by atoms with van der Waals surface area (Å²) in [5.41, 5.74) is 1.71. The van der Waals surface area contributed by atoms with Crippen molar-refractivity contribution < 1.29 is 13.7 Å². The predicted octanol–water partition coefficient (Wildman–Crippen LogP) is 1.34. The van der Waals surface area contributed by atoms with Crippen LogP contribution in [0.15, 0.2) is 11.7 Å². The fourth-order valence-corrected chi connectivity index (χ4v) is 2.97. The topological polar surface area (TPSA) is 56.3 Å². The van der Waals surface area contributed by atoms with E-state index in [1.165, 1.54) is 18.4 Å². The molecule has 0 N–H and O–H groups in total. The number of esters is 1. The zero-order chi connectivity index (χ0) is 11.3. The lowest BCUT2D eigenvalue weighted by Crippen LogP contribution is -2.17. The quantitative estimate of drug-likeness (QED) is 0.737. The minimum absolute atomic E-state index is 0.181. The summed E-state index contributed by atoms with van der Waals surface area (Å²) < 4.78 is 16.3. The first kappa shape index (κ1) is 12.3. The first-order chi connectivity index (χ1) is 7.13. The molecule has 0 spiro atoms. The molecule has 0 fully saturated rings. The number of nitrogens with zero attached hydrogens (tertiary/aromatic N) is 1. The third kappa shape index (κ3) is 4.09. The second kappa shape index (κ2) is 5.97. The van der Waals surface area contributed by atoms with Gasteiger partial charge in [0.2, 0.25) is 0 Å². The molecular formula is C9H13NO3S2. The normalized spacial score (nSPS) is 14.5. The molecule has 2 atom stereocenters. The lowest BCUT2D eigenvalue weighted by atomic mass is 10.3. The van der Waals surface area contributed by atoms with Crippen LogP contribution in [0.5, 0.6) is 0 Å². The Kier molecular flexibility index (Phi) is 4.90. The predicted molar refractivity (Wildman–Crippen MR) is 60.1 cm³/mol. The summed E-state index contributed by atoms with van der Waals surface area (Å²) in [5, 5.41) is -0.181. The van der Waals surface area contributed by atoms with E-state index in [0.29, 0.717) is 5.75 Å². The highest BCUT2D eigenvalue weighted by molar-refractivity contribution is 7.85. The zero-order valence-electron chi connectivity index (χ0n) is 8.63. The Bertz CT molecular complexity index is 337. The molecule has 2 unspecified atom stereocenters. The van der Waals surface area contributed by atoms with Crippen molar-refractivity contribution in [3.8, 4) is 0 Å². The van der Waals surface area contributed by atoms with E-state index in [1.54, 1.807) is 18.6 Å². The summed E-state index contributed by atoms with van der Waals surface area (Å²) in [6.45, 7) is 1.79. The van der Waals surface area contributed by atoms with Gasteiger partial charge in [0, 0.05) is 27.1 Å². The van der Waals surface area contributed by atoms with E-state index in [-0.39, 0.29) is 17.6 Å². The van der Waals surface area contributed by atoms with Crippen molar-refractivity contribution in [2.45, 2.75) is 24.3 Å². The summed E-state index contributed by atoms with van der Waals surface area (Å²) in [6, 6.07) is 0. The molecule has 0 aromatic carbocycles. The molecule has 6 heteroatoms. The van der Waals surface area contributed by atoms with Gasteiger partial charge in [-0.2, -0.15) is 0 Å². The lowest BCUT2D eigenvalue weighted by Gasteiger charge is -2.08. The molecule has 84 valence electrons. The fraction of sp³-hybridized carbons (Fsp3) is 0.556. The minimum Gasteiger partial charge on any atom is -0.469 e. The molecule has 1 aromatic rings. The SMILES string of the molecule is COC(=O)CC(C)S(=O)Cc1cncs1. The Morgan fingerprint density at radius 1 is 1.73 bits per heavy atom.